The number of carbonyl (C=O) groups excluding carboxylic acids is 1. The zero-order chi connectivity index (χ0) is 13.1. The number of carbonyl (C=O) groups is 1. The Hall–Kier alpha value is -0.610. The zero-order valence-corrected chi connectivity index (χ0v) is 11.7. The van der Waals surface area contributed by atoms with Gasteiger partial charge in [-0.2, -0.15) is 0 Å². The van der Waals surface area contributed by atoms with Crippen LogP contribution in [0.4, 0.5) is 0 Å². The minimum atomic E-state index is -0.0263. The fourth-order valence-electron chi connectivity index (χ4n) is 3.27. The van der Waals surface area contributed by atoms with Crippen LogP contribution in [-0.2, 0) is 9.53 Å². The molecule has 0 aromatic heterocycles. The lowest BCUT2D eigenvalue weighted by atomic mass is 9.79. The average molecular weight is 254 g/mol. The van der Waals surface area contributed by atoms with Crippen molar-refractivity contribution in [1.29, 1.82) is 0 Å². The van der Waals surface area contributed by atoms with Crippen LogP contribution in [0.15, 0.2) is 0 Å². The highest BCUT2D eigenvalue weighted by Crippen LogP contribution is 2.29. The first-order valence-corrected chi connectivity index (χ1v) is 7.17. The minimum Gasteiger partial charge on any atom is -0.379 e. The van der Waals surface area contributed by atoms with Gasteiger partial charge in [-0.05, 0) is 38.1 Å². The van der Waals surface area contributed by atoms with Crippen LogP contribution in [0.5, 0.6) is 0 Å². The summed E-state index contributed by atoms with van der Waals surface area (Å²) >= 11 is 0. The lowest BCUT2D eigenvalue weighted by Crippen LogP contribution is -2.49. The maximum Gasteiger partial charge on any atom is 0.227 e. The van der Waals surface area contributed by atoms with Gasteiger partial charge in [-0.1, -0.05) is 13.8 Å². The summed E-state index contributed by atoms with van der Waals surface area (Å²) in [5.74, 6) is 1.53. The first-order valence-electron chi connectivity index (χ1n) is 7.17. The van der Waals surface area contributed by atoms with Gasteiger partial charge in [-0.15, -0.1) is 0 Å². The third-order valence-corrected chi connectivity index (χ3v) is 4.55. The van der Waals surface area contributed by atoms with Gasteiger partial charge in [0.15, 0.2) is 0 Å². The van der Waals surface area contributed by atoms with Gasteiger partial charge in [0.2, 0.25) is 5.91 Å². The number of nitrogens with one attached hydrogen (secondary N) is 2. The summed E-state index contributed by atoms with van der Waals surface area (Å²) in [5, 5.41) is 6.40. The molecule has 2 N–H and O–H groups in total. The minimum absolute atomic E-state index is 0.0263. The number of hydrogen-bond donors (Lipinski definition) is 2. The standard InChI is InChI=1S/C14H26N2O2/c1-9-4-5-12(10(2)6-9)16-14(17)11-7-18-8-13(11)15-3/h9-13,15H,4-8H2,1-3H3,(H,16,17). The van der Waals surface area contributed by atoms with E-state index in [2.05, 4.69) is 24.5 Å². The Labute approximate surface area is 110 Å². The Morgan fingerprint density at radius 3 is 2.61 bits per heavy atom. The number of amides is 1. The molecule has 5 unspecified atom stereocenters. The van der Waals surface area contributed by atoms with Crippen molar-refractivity contribution in [3.63, 3.8) is 0 Å². The Morgan fingerprint density at radius 2 is 1.94 bits per heavy atom. The maximum absolute atomic E-state index is 12.3. The second kappa shape index (κ2) is 6.02. The summed E-state index contributed by atoms with van der Waals surface area (Å²) in [7, 11) is 1.89. The van der Waals surface area contributed by atoms with Crippen molar-refractivity contribution in [3.05, 3.63) is 0 Å². The van der Waals surface area contributed by atoms with Crippen LogP contribution in [-0.4, -0.2) is 38.3 Å². The molecule has 2 aliphatic rings. The third-order valence-electron chi connectivity index (χ3n) is 4.55. The van der Waals surface area contributed by atoms with Crippen LogP contribution in [0.1, 0.15) is 33.1 Å². The molecule has 2 fully saturated rings. The molecule has 0 aromatic carbocycles. The molecule has 1 aliphatic carbocycles. The van der Waals surface area contributed by atoms with Crippen molar-refractivity contribution >= 4 is 5.91 Å². The molecule has 1 heterocycles. The van der Waals surface area contributed by atoms with E-state index in [1.165, 1.54) is 12.8 Å². The molecule has 4 nitrogen and oxygen atoms in total. The van der Waals surface area contributed by atoms with Crippen molar-refractivity contribution in [3.8, 4) is 0 Å². The summed E-state index contributed by atoms with van der Waals surface area (Å²) in [6.45, 7) is 5.75. The lowest BCUT2D eigenvalue weighted by molar-refractivity contribution is -0.126. The molecular formula is C14H26N2O2. The molecule has 1 saturated heterocycles. The van der Waals surface area contributed by atoms with Crippen molar-refractivity contribution in [2.45, 2.75) is 45.2 Å². The van der Waals surface area contributed by atoms with E-state index < -0.39 is 0 Å². The van der Waals surface area contributed by atoms with E-state index >= 15 is 0 Å². The smallest absolute Gasteiger partial charge is 0.227 e. The quantitative estimate of drug-likeness (QED) is 0.794. The van der Waals surface area contributed by atoms with Crippen LogP contribution < -0.4 is 10.6 Å². The monoisotopic (exact) mass is 254 g/mol. The van der Waals surface area contributed by atoms with E-state index in [1.54, 1.807) is 0 Å². The first-order chi connectivity index (χ1) is 8.61. The molecule has 2 rings (SSSR count). The molecule has 1 amide bonds. The molecule has 0 bridgehead atoms. The topological polar surface area (TPSA) is 50.4 Å². The Bertz CT molecular complexity index is 296. The lowest BCUT2D eigenvalue weighted by Gasteiger charge is -2.34. The predicted octanol–water partition coefficient (Wildman–Crippen LogP) is 1.16. The SMILES string of the molecule is CNC1COCC1C(=O)NC1CCC(C)CC1C. The fraction of sp³-hybridized carbons (Fsp3) is 0.929. The molecule has 18 heavy (non-hydrogen) atoms. The molecule has 0 radical (unpaired) electrons. The number of likely N-dealkylation sites (N-methyl/N-ethyl adjacent to an activating group) is 1. The van der Waals surface area contributed by atoms with E-state index in [0.29, 0.717) is 25.2 Å². The highest BCUT2D eigenvalue weighted by atomic mass is 16.5. The van der Waals surface area contributed by atoms with Gasteiger partial charge in [-0.25, -0.2) is 0 Å². The normalized spacial score (nSPS) is 40.7. The van der Waals surface area contributed by atoms with Gasteiger partial charge in [0, 0.05) is 12.1 Å². The Morgan fingerprint density at radius 1 is 1.17 bits per heavy atom. The van der Waals surface area contributed by atoms with E-state index in [-0.39, 0.29) is 17.9 Å². The van der Waals surface area contributed by atoms with Crippen molar-refractivity contribution in [2.24, 2.45) is 17.8 Å². The third kappa shape index (κ3) is 3.04. The number of hydrogen-bond acceptors (Lipinski definition) is 3. The molecular weight excluding hydrogens is 228 g/mol. The summed E-state index contributed by atoms with van der Waals surface area (Å²) in [6.07, 6.45) is 3.57. The predicted molar refractivity (Wildman–Crippen MR) is 71.3 cm³/mol. The highest BCUT2D eigenvalue weighted by molar-refractivity contribution is 5.80. The van der Waals surface area contributed by atoms with Crippen LogP contribution in [0, 0.1) is 17.8 Å². The van der Waals surface area contributed by atoms with E-state index in [4.69, 9.17) is 4.74 Å². The summed E-state index contributed by atoms with van der Waals surface area (Å²) in [5.41, 5.74) is 0. The zero-order valence-electron chi connectivity index (χ0n) is 11.7. The Balaban J connectivity index is 1.87. The van der Waals surface area contributed by atoms with Gasteiger partial charge in [0.25, 0.3) is 0 Å². The van der Waals surface area contributed by atoms with E-state index in [1.807, 2.05) is 7.05 Å². The summed E-state index contributed by atoms with van der Waals surface area (Å²) < 4.78 is 5.39. The van der Waals surface area contributed by atoms with Crippen LogP contribution in [0.3, 0.4) is 0 Å². The van der Waals surface area contributed by atoms with Crippen LogP contribution >= 0.6 is 0 Å². The number of rotatable bonds is 3. The second-order valence-electron chi connectivity index (χ2n) is 6.05. The van der Waals surface area contributed by atoms with Gasteiger partial charge < -0.3 is 15.4 Å². The van der Waals surface area contributed by atoms with Gasteiger partial charge in [-0.3, -0.25) is 4.79 Å². The van der Waals surface area contributed by atoms with Gasteiger partial charge in [0.05, 0.1) is 19.1 Å². The van der Waals surface area contributed by atoms with Crippen LogP contribution in [0.25, 0.3) is 0 Å². The van der Waals surface area contributed by atoms with Crippen molar-refractivity contribution in [2.75, 3.05) is 20.3 Å². The first kappa shape index (κ1) is 13.8. The maximum atomic E-state index is 12.3. The second-order valence-corrected chi connectivity index (χ2v) is 6.05. The number of ether oxygens (including phenoxy) is 1. The van der Waals surface area contributed by atoms with E-state index in [0.717, 1.165) is 12.3 Å². The largest absolute Gasteiger partial charge is 0.379 e. The molecule has 4 heteroatoms. The van der Waals surface area contributed by atoms with Gasteiger partial charge >= 0.3 is 0 Å². The Kier molecular flexibility index (Phi) is 4.62. The van der Waals surface area contributed by atoms with Crippen LogP contribution in [0.2, 0.25) is 0 Å². The van der Waals surface area contributed by atoms with Gasteiger partial charge in [0.1, 0.15) is 0 Å². The average Bonchev–Trinajstić information content (AvgIpc) is 2.81. The molecule has 0 aromatic rings. The fourth-order valence-corrected chi connectivity index (χ4v) is 3.27. The van der Waals surface area contributed by atoms with Crippen molar-refractivity contribution in [1.82, 2.24) is 10.6 Å². The van der Waals surface area contributed by atoms with E-state index in [9.17, 15) is 4.79 Å². The summed E-state index contributed by atoms with van der Waals surface area (Å²) in [4.78, 5) is 12.3. The highest BCUT2D eigenvalue weighted by Gasteiger charge is 2.35. The summed E-state index contributed by atoms with van der Waals surface area (Å²) in [6, 6.07) is 0.523. The molecule has 1 saturated carbocycles. The molecule has 104 valence electrons. The van der Waals surface area contributed by atoms with Crippen molar-refractivity contribution < 1.29 is 9.53 Å². The molecule has 1 aliphatic heterocycles. The molecule has 5 atom stereocenters. The molecule has 0 spiro atoms.